The van der Waals surface area contributed by atoms with Crippen LogP contribution in [0.2, 0.25) is 0 Å². The summed E-state index contributed by atoms with van der Waals surface area (Å²) in [7, 11) is 1.58. The van der Waals surface area contributed by atoms with Crippen LogP contribution in [0, 0.1) is 0 Å². The molecule has 0 unspecified atom stereocenters. The second-order valence-electron chi connectivity index (χ2n) is 5.89. The molecule has 27 heavy (non-hydrogen) atoms. The fourth-order valence-electron chi connectivity index (χ4n) is 2.76. The zero-order chi connectivity index (χ0) is 19.2. The van der Waals surface area contributed by atoms with Crippen molar-refractivity contribution in [2.75, 3.05) is 25.6 Å². The number of nitrogens with zero attached hydrogens (tertiary/aromatic N) is 2. The predicted molar refractivity (Wildman–Crippen MR) is 106 cm³/mol. The quantitative estimate of drug-likeness (QED) is 0.731. The SMILES string of the molecule is C=CCOc1ccc(C2=Nc3ccc(NCCC)c(=C=O)c3=N2)c(OC)c1. The third-order valence-corrected chi connectivity index (χ3v) is 4.05. The molecule has 0 fully saturated rings. The fourth-order valence-corrected chi connectivity index (χ4v) is 2.76. The molecule has 1 N–H and O–H groups in total. The Morgan fingerprint density at radius 2 is 2.11 bits per heavy atom. The molecule has 0 amide bonds. The zero-order valence-electron chi connectivity index (χ0n) is 15.4. The minimum Gasteiger partial charge on any atom is -0.496 e. The first-order valence-corrected chi connectivity index (χ1v) is 8.73. The molecule has 1 heterocycles. The van der Waals surface area contributed by atoms with Crippen molar-refractivity contribution in [1.82, 2.24) is 0 Å². The van der Waals surface area contributed by atoms with Crippen LogP contribution < -0.4 is 25.4 Å². The number of nitrogens with one attached hydrogen (secondary N) is 1. The van der Waals surface area contributed by atoms with E-state index < -0.39 is 0 Å². The van der Waals surface area contributed by atoms with E-state index in [2.05, 4.69) is 28.8 Å². The largest absolute Gasteiger partial charge is 0.496 e. The van der Waals surface area contributed by atoms with Gasteiger partial charge in [0.05, 0.1) is 24.0 Å². The van der Waals surface area contributed by atoms with Crippen molar-refractivity contribution in [3.8, 4) is 11.5 Å². The molecule has 138 valence electrons. The molecular formula is C21H21N3O3. The van der Waals surface area contributed by atoms with Crippen LogP contribution in [-0.2, 0) is 4.79 Å². The van der Waals surface area contributed by atoms with Crippen LogP contribution >= 0.6 is 0 Å². The van der Waals surface area contributed by atoms with E-state index in [0.717, 1.165) is 18.5 Å². The number of hydrogen-bond acceptors (Lipinski definition) is 6. The number of amidine groups is 1. The van der Waals surface area contributed by atoms with Crippen molar-refractivity contribution in [1.29, 1.82) is 0 Å². The van der Waals surface area contributed by atoms with Crippen LogP contribution in [0.5, 0.6) is 11.5 Å². The van der Waals surface area contributed by atoms with Crippen molar-refractivity contribution >= 4 is 23.2 Å². The van der Waals surface area contributed by atoms with Crippen molar-refractivity contribution < 1.29 is 14.3 Å². The van der Waals surface area contributed by atoms with Crippen LogP contribution in [0.3, 0.4) is 0 Å². The number of ether oxygens (including phenoxy) is 2. The summed E-state index contributed by atoms with van der Waals surface area (Å²) in [6, 6.07) is 9.12. The van der Waals surface area contributed by atoms with E-state index in [1.54, 1.807) is 19.3 Å². The van der Waals surface area contributed by atoms with E-state index in [4.69, 9.17) is 9.47 Å². The van der Waals surface area contributed by atoms with Crippen molar-refractivity contribution in [2.45, 2.75) is 13.3 Å². The molecule has 0 aliphatic carbocycles. The number of methoxy groups -OCH3 is 1. The molecule has 1 aliphatic rings. The first-order valence-electron chi connectivity index (χ1n) is 8.73. The molecule has 6 heteroatoms. The molecule has 2 aromatic carbocycles. The van der Waals surface area contributed by atoms with Gasteiger partial charge in [-0.1, -0.05) is 19.6 Å². The van der Waals surface area contributed by atoms with Crippen LogP contribution in [-0.4, -0.2) is 32.0 Å². The molecule has 0 atom stereocenters. The fraction of sp³-hybridized carbons (Fsp3) is 0.238. The lowest BCUT2D eigenvalue weighted by Gasteiger charge is -2.09. The summed E-state index contributed by atoms with van der Waals surface area (Å²) in [5, 5.41) is 4.14. The number of anilines is 1. The van der Waals surface area contributed by atoms with Gasteiger partial charge in [-0.25, -0.2) is 14.8 Å². The zero-order valence-corrected chi connectivity index (χ0v) is 15.4. The number of benzene rings is 2. The number of hydrogen-bond donors (Lipinski definition) is 1. The van der Waals surface area contributed by atoms with Crippen molar-refractivity contribution in [3.05, 3.63) is 59.1 Å². The van der Waals surface area contributed by atoms with E-state index in [-0.39, 0.29) is 0 Å². The summed E-state index contributed by atoms with van der Waals surface area (Å²) >= 11 is 0. The first kappa shape index (κ1) is 18.4. The average Bonchev–Trinajstić information content (AvgIpc) is 3.13. The number of rotatable bonds is 8. The van der Waals surface area contributed by atoms with Gasteiger partial charge in [0.25, 0.3) is 0 Å². The summed E-state index contributed by atoms with van der Waals surface area (Å²) in [6.45, 7) is 6.87. The summed E-state index contributed by atoms with van der Waals surface area (Å²) in [6.07, 6.45) is 2.63. The maximum atomic E-state index is 11.5. The van der Waals surface area contributed by atoms with Gasteiger partial charge in [-0.05, 0) is 30.7 Å². The van der Waals surface area contributed by atoms with E-state index in [1.165, 1.54) is 0 Å². The summed E-state index contributed by atoms with van der Waals surface area (Å²) in [5.74, 6) is 3.74. The van der Waals surface area contributed by atoms with Crippen LogP contribution in [0.1, 0.15) is 18.9 Å². The third kappa shape index (κ3) is 3.76. The number of fused-ring (bicyclic) bond motifs is 1. The molecule has 0 aromatic heterocycles. The molecule has 0 bridgehead atoms. The van der Waals surface area contributed by atoms with Gasteiger partial charge in [0, 0.05) is 12.6 Å². The average molecular weight is 363 g/mol. The predicted octanol–water partition coefficient (Wildman–Crippen LogP) is 2.30. The molecule has 2 aromatic rings. The molecule has 0 radical (unpaired) electrons. The Labute approximate surface area is 157 Å². The Bertz CT molecular complexity index is 1040. The van der Waals surface area contributed by atoms with Crippen LogP contribution in [0.25, 0.3) is 0 Å². The van der Waals surface area contributed by atoms with E-state index >= 15 is 0 Å². The highest BCUT2D eigenvalue weighted by Gasteiger charge is 2.17. The summed E-state index contributed by atoms with van der Waals surface area (Å²) < 4.78 is 11.0. The van der Waals surface area contributed by atoms with Gasteiger partial charge in [0.1, 0.15) is 34.6 Å². The van der Waals surface area contributed by atoms with Gasteiger partial charge in [-0.3, -0.25) is 0 Å². The van der Waals surface area contributed by atoms with E-state index in [0.29, 0.717) is 45.9 Å². The highest BCUT2D eigenvalue weighted by atomic mass is 16.5. The Morgan fingerprint density at radius 1 is 1.26 bits per heavy atom. The van der Waals surface area contributed by atoms with Crippen molar-refractivity contribution in [3.63, 3.8) is 0 Å². The Kier molecular flexibility index (Phi) is 5.69. The molecule has 0 saturated heterocycles. The third-order valence-electron chi connectivity index (χ3n) is 4.05. The lowest BCUT2D eigenvalue weighted by Crippen LogP contribution is -2.29. The minimum atomic E-state index is 0.393. The molecule has 0 spiro atoms. The second kappa shape index (κ2) is 8.34. The van der Waals surface area contributed by atoms with Crippen LogP contribution in [0.15, 0.2) is 53.0 Å². The maximum Gasteiger partial charge on any atom is 0.164 e. The molecule has 6 nitrogen and oxygen atoms in total. The topological polar surface area (TPSA) is 72.3 Å². The maximum absolute atomic E-state index is 11.5. The Morgan fingerprint density at radius 3 is 2.81 bits per heavy atom. The normalized spacial score (nSPS) is 11.7. The highest BCUT2D eigenvalue weighted by Crippen LogP contribution is 2.27. The number of carbonyl (C=O) groups excluding carboxylic acids is 1. The summed E-state index contributed by atoms with van der Waals surface area (Å²) in [5.41, 5.74) is 2.07. The highest BCUT2D eigenvalue weighted by molar-refractivity contribution is 6.05. The monoisotopic (exact) mass is 363 g/mol. The smallest absolute Gasteiger partial charge is 0.164 e. The van der Waals surface area contributed by atoms with Crippen molar-refractivity contribution in [2.24, 2.45) is 9.98 Å². The second-order valence-corrected chi connectivity index (χ2v) is 5.89. The van der Waals surface area contributed by atoms with Gasteiger partial charge >= 0.3 is 0 Å². The number of aliphatic imine (C=N–C) groups is 1. The van der Waals surface area contributed by atoms with Gasteiger partial charge in [0.2, 0.25) is 0 Å². The molecule has 3 rings (SSSR count). The molecule has 0 saturated carbocycles. The van der Waals surface area contributed by atoms with E-state index in [1.807, 2.05) is 30.2 Å². The molecular weight excluding hydrogens is 342 g/mol. The Balaban J connectivity index is 2.03. The van der Waals surface area contributed by atoms with E-state index in [9.17, 15) is 4.79 Å². The van der Waals surface area contributed by atoms with Gasteiger partial charge < -0.3 is 14.8 Å². The lowest BCUT2D eigenvalue weighted by atomic mass is 10.1. The Hall–Kier alpha value is -3.37. The van der Waals surface area contributed by atoms with Gasteiger partial charge in [-0.2, -0.15) is 0 Å². The minimum absolute atomic E-state index is 0.393. The van der Waals surface area contributed by atoms with Crippen LogP contribution in [0.4, 0.5) is 11.4 Å². The standard InChI is InChI=1S/C21H21N3O3/c1-4-10-22-17-8-9-18-20(16(17)13-25)24-21(23-18)15-7-6-14(27-11-5-2)12-19(15)26-3/h5-9,12,22H,2,4,10-11H2,1,3H3. The summed E-state index contributed by atoms with van der Waals surface area (Å²) in [4.78, 5) is 20.7. The molecule has 1 aliphatic heterocycles. The van der Waals surface area contributed by atoms with Gasteiger partial charge in [-0.15, -0.1) is 0 Å². The lowest BCUT2D eigenvalue weighted by molar-refractivity contribution is 0.357. The van der Waals surface area contributed by atoms with Gasteiger partial charge in [0.15, 0.2) is 5.84 Å². The first-order chi connectivity index (χ1) is 13.2.